The Labute approximate surface area is 285 Å². The average Bonchev–Trinajstić information content (AvgIpc) is 3.65. The quantitative estimate of drug-likeness (QED) is 0.193. The van der Waals surface area contributed by atoms with Crippen LogP contribution in [0.1, 0.15) is 25.0 Å². The van der Waals surface area contributed by atoms with E-state index in [0.29, 0.717) is 0 Å². The van der Waals surface area contributed by atoms with Crippen LogP contribution in [0.15, 0.2) is 168 Å². The second-order valence-corrected chi connectivity index (χ2v) is 13.8. The third-order valence-electron chi connectivity index (χ3n) is 10.6. The van der Waals surface area contributed by atoms with Crippen molar-refractivity contribution in [2.24, 2.45) is 0 Å². The minimum atomic E-state index is -0.0998. The van der Waals surface area contributed by atoms with Crippen molar-refractivity contribution in [3.63, 3.8) is 0 Å². The minimum absolute atomic E-state index is 0.0998. The van der Waals surface area contributed by atoms with Gasteiger partial charge in [-0.1, -0.05) is 129 Å². The highest BCUT2D eigenvalue weighted by molar-refractivity contribution is 6.15. The molecule has 0 radical (unpaired) electrons. The van der Waals surface area contributed by atoms with Crippen LogP contribution >= 0.6 is 0 Å². The monoisotopic (exact) mass is 627 g/mol. The zero-order valence-electron chi connectivity index (χ0n) is 27.4. The number of nitrogens with zero attached hydrogens (tertiary/aromatic N) is 1. The molecule has 0 saturated carbocycles. The molecule has 0 amide bonds. The maximum atomic E-state index is 6.54. The van der Waals surface area contributed by atoms with E-state index in [0.717, 1.165) is 44.1 Å². The molecule has 1 aliphatic rings. The van der Waals surface area contributed by atoms with Crippen molar-refractivity contribution in [2.45, 2.75) is 19.3 Å². The van der Waals surface area contributed by atoms with Crippen molar-refractivity contribution >= 4 is 60.5 Å². The molecule has 10 rings (SSSR count). The van der Waals surface area contributed by atoms with Crippen LogP contribution in [0, 0.1) is 0 Å². The van der Waals surface area contributed by atoms with Gasteiger partial charge in [-0.05, 0) is 92.5 Å². The molecular weight excluding hydrogens is 595 g/mol. The van der Waals surface area contributed by atoms with Gasteiger partial charge in [0.1, 0.15) is 11.2 Å². The number of hydrogen-bond donors (Lipinski definition) is 0. The molecule has 1 heterocycles. The highest BCUT2D eigenvalue weighted by atomic mass is 16.3. The molecule has 0 spiro atoms. The number of fused-ring (bicyclic) bond motifs is 9. The van der Waals surface area contributed by atoms with Crippen molar-refractivity contribution in [3.05, 3.63) is 175 Å². The van der Waals surface area contributed by atoms with Crippen LogP contribution in [0.2, 0.25) is 0 Å². The molecule has 2 nitrogen and oxygen atoms in total. The van der Waals surface area contributed by atoms with Crippen LogP contribution in [0.25, 0.3) is 65.7 Å². The van der Waals surface area contributed by atoms with Gasteiger partial charge in [0.15, 0.2) is 0 Å². The van der Waals surface area contributed by atoms with Gasteiger partial charge in [0, 0.05) is 38.5 Å². The van der Waals surface area contributed by atoms with Gasteiger partial charge in [0.2, 0.25) is 0 Å². The maximum Gasteiger partial charge on any atom is 0.143 e. The molecule has 9 aromatic rings. The lowest BCUT2D eigenvalue weighted by Crippen LogP contribution is -2.16. The number of hydrogen-bond acceptors (Lipinski definition) is 2. The Morgan fingerprint density at radius 1 is 0.469 bits per heavy atom. The van der Waals surface area contributed by atoms with E-state index in [2.05, 4.69) is 176 Å². The van der Waals surface area contributed by atoms with E-state index < -0.39 is 0 Å². The molecule has 0 N–H and O–H groups in total. The van der Waals surface area contributed by atoms with Crippen molar-refractivity contribution in [3.8, 4) is 22.3 Å². The highest BCUT2D eigenvalue weighted by Gasteiger charge is 2.37. The van der Waals surface area contributed by atoms with E-state index in [1.807, 2.05) is 6.07 Å². The van der Waals surface area contributed by atoms with E-state index in [-0.39, 0.29) is 5.41 Å². The lowest BCUT2D eigenvalue weighted by atomic mass is 9.82. The van der Waals surface area contributed by atoms with Crippen molar-refractivity contribution < 1.29 is 4.42 Å². The predicted octanol–water partition coefficient (Wildman–Crippen LogP) is 13.3. The Hall–Kier alpha value is -6.12. The fraction of sp³-hybridized carbons (Fsp3) is 0.0638. The Bertz CT molecular complexity index is 2750. The normalized spacial score (nSPS) is 13.3. The van der Waals surface area contributed by atoms with E-state index in [9.17, 15) is 0 Å². The number of benzene rings is 8. The molecule has 0 fully saturated rings. The lowest BCUT2D eigenvalue weighted by molar-refractivity contribution is 0.660. The van der Waals surface area contributed by atoms with Crippen LogP contribution < -0.4 is 4.90 Å². The summed E-state index contributed by atoms with van der Waals surface area (Å²) >= 11 is 0. The van der Waals surface area contributed by atoms with Crippen molar-refractivity contribution in [2.75, 3.05) is 4.90 Å². The molecule has 232 valence electrons. The van der Waals surface area contributed by atoms with E-state index in [4.69, 9.17) is 4.42 Å². The summed E-state index contributed by atoms with van der Waals surface area (Å²) in [6.07, 6.45) is 0. The van der Waals surface area contributed by atoms with E-state index in [1.165, 1.54) is 49.8 Å². The van der Waals surface area contributed by atoms with Crippen LogP contribution in [0.5, 0.6) is 0 Å². The molecule has 1 aliphatic carbocycles. The van der Waals surface area contributed by atoms with Crippen molar-refractivity contribution in [1.29, 1.82) is 0 Å². The number of furan rings is 1. The van der Waals surface area contributed by atoms with Gasteiger partial charge in [0.25, 0.3) is 0 Å². The first-order valence-corrected chi connectivity index (χ1v) is 17.0. The number of para-hydroxylation sites is 1. The topological polar surface area (TPSA) is 16.4 Å². The second-order valence-electron chi connectivity index (χ2n) is 13.8. The van der Waals surface area contributed by atoms with Gasteiger partial charge >= 0.3 is 0 Å². The number of rotatable bonds is 4. The fourth-order valence-electron chi connectivity index (χ4n) is 8.15. The van der Waals surface area contributed by atoms with E-state index >= 15 is 0 Å². The maximum absolute atomic E-state index is 6.54. The largest absolute Gasteiger partial charge is 0.455 e. The Kier molecular flexibility index (Phi) is 5.95. The predicted molar refractivity (Wildman–Crippen MR) is 206 cm³/mol. The van der Waals surface area contributed by atoms with Gasteiger partial charge in [0.05, 0.1) is 5.69 Å². The summed E-state index contributed by atoms with van der Waals surface area (Å²) in [6, 6.07) is 59.5. The molecule has 8 aromatic carbocycles. The Balaban J connectivity index is 1.20. The minimum Gasteiger partial charge on any atom is -0.455 e. The summed E-state index contributed by atoms with van der Waals surface area (Å²) in [7, 11) is 0. The van der Waals surface area contributed by atoms with Gasteiger partial charge in [-0.15, -0.1) is 0 Å². The van der Waals surface area contributed by atoms with Gasteiger partial charge < -0.3 is 9.32 Å². The molecule has 1 aromatic heterocycles. The van der Waals surface area contributed by atoms with Crippen LogP contribution in [0.3, 0.4) is 0 Å². The van der Waals surface area contributed by atoms with E-state index in [1.54, 1.807) is 0 Å². The molecular formula is C47H33NO. The standard InChI is InChI=1S/C47H33NO/c1-47(2)41-14-7-5-13-39(41)45-42(47)15-9-16-43(45)48(35-24-20-31(21-25-35)34-19-18-30-10-3-4-11-33(30)28-34)36-26-22-32-23-27-38-37-12-6-8-17-44(37)49-46(38)40(32)29-36/h3-29H,1-2H3. The zero-order valence-corrected chi connectivity index (χ0v) is 27.4. The molecule has 0 aliphatic heterocycles. The van der Waals surface area contributed by atoms with Crippen LogP contribution in [-0.4, -0.2) is 0 Å². The van der Waals surface area contributed by atoms with Gasteiger partial charge in [-0.25, -0.2) is 0 Å². The summed E-state index contributed by atoms with van der Waals surface area (Å²) in [6.45, 7) is 4.69. The third kappa shape index (κ3) is 4.20. The first kappa shape index (κ1) is 27.9. The summed E-state index contributed by atoms with van der Waals surface area (Å²) < 4.78 is 6.54. The fourth-order valence-corrected chi connectivity index (χ4v) is 8.15. The zero-order chi connectivity index (χ0) is 32.7. The SMILES string of the molecule is CC1(C)c2ccccc2-c2c(N(c3ccc(-c4ccc5ccccc5c4)cc3)c3ccc4ccc5c6ccccc6oc5c4c3)cccc21. The molecule has 0 bridgehead atoms. The lowest BCUT2D eigenvalue weighted by Gasteiger charge is -2.29. The molecule has 49 heavy (non-hydrogen) atoms. The van der Waals surface area contributed by atoms with Crippen LogP contribution in [-0.2, 0) is 5.41 Å². The molecule has 0 unspecified atom stereocenters. The van der Waals surface area contributed by atoms with Crippen LogP contribution in [0.4, 0.5) is 17.1 Å². The van der Waals surface area contributed by atoms with Crippen molar-refractivity contribution in [1.82, 2.24) is 0 Å². The summed E-state index contributed by atoms with van der Waals surface area (Å²) in [5, 5.41) is 7.06. The molecule has 0 saturated heterocycles. The van der Waals surface area contributed by atoms with Gasteiger partial charge in [-0.3, -0.25) is 0 Å². The molecule has 2 heteroatoms. The number of anilines is 3. The Morgan fingerprint density at radius 2 is 1.16 bits per heavy atom. The molecule has 0 atom stereocenters. The summed E-state index contributed by atoms with van der Waals surface area (Å²) in [4.78, 5) is 2.43. The first-order chi connectivity index (χ1) is 24.0. The Morgan fingerprint density at radius 3 is 2.06 bits per heavy atom. The second kappa shape index (κ2) is 10.4. The first-order valence-electron chi connectivity index (χ1n) is 17.0. The third-order valence-corrected chi connectivity index (χ3v) is 10.6. The average molecular weight is 628 g/mol. The summed E-state index contributed by atoms with van der Waals surface area (Å²) in [5.74, 6) is 0. The summed E-state index contributed by atoms with van der Waals surface area (Å²) in [5.41, 5.74) is 12.8. The van der Waals surface area contributed by atoms with Gasteiger partial charge in [-0.2, -0.15) is 0 Å². The smallest absolute Gasteiger partial charge is 0.143 e. The highest BCUT2D eigenvalue weighted by Crippen LogP contribution is 2.54.